The zero-order valence-electron chi connectivity index (χ0n) is 25.7. The predicted molar refractivity (Wildman–Crippen MR) is 196 cm³/mol. The minimum atomic E-state index is 0.863. The van der Waals surface area contributed by atoms with Crippen molar-refractivity contribution in [3.63, 3.8) is 0 Å². The Kier molecular flexibility index (Phi) is 7.54. The molecule has 0 aliphatic rings. The molecule has 222 valence electrons. The second-order valence-electron chi connectivity index (χ2n) is 11.4. The fourth-order valence-corrected chi connectivity index (χ4v) is 6.24. The molecule has 1 aromatic heterocycles. The van der Waals surface area contributed by atoms with Crippen molar-refractivity contribution in [3.05, 3.63) is 188 Å². The largest absolute Gasteiger partial charge is 0.309 e. The Morgan fingerprint density at radius 2 is 0.681 bits per heavy atom. The number of anilines is 3. The smallest absolute Gasteiger partial charge is 0.0973 e. The molecule has 0 aliphatic heterocycles. The summed E-state index contributed by atoms with van der Waals surface area (Å²) in [5, 5.41) is 0. The highest BCUT2D eigenvalue weighted by molar-refractivity contribution is 5.98. The maximum Gasteiger partial charge on any atom is 0.0973 e. The van der Waals surface area contributed by atoms with Crippen molar-refractivity contribution in [1.29, 1.82) is 0 Å². The lowest BCUT2D eigenvalue weighted by Crippen LogP contribution is -2.12. The number of rotatable bonds is 7. The molecular weight excluding hydrogens is 571 g/mol. The second kappa shape index (κ2) is 12.6. The van der Waals surface area contributed by atoms with Crippen LogP contribution in [0.5, 0.6) is 0 Å². The summed E-state index contributed by atoms with van der Waals surface area (Å²) in [5.41, 5.74) is 13.5. The number of aromatic nitrogens is 2. The first kappa shape index (κ1) is 28.2. The monoisotopic (exact) mass is 601 g/mol. The SMILES string of the molecule is c1ccc(-c2cccc(-c3ccccc3)c2N(c2ccccc2)c2ccc(-c3nc4ccccc4nc3-c3ccccc3)cc2)cc1. The van der Waals surface area contributed by atoms with Crippen LogP contribution in [0.25, 0.3) is 55.8 Å². The van der Waals surface area contributed by atoms with Gasteiger partial charge in [-0.2, -0.15) is 0 Å². The number of hydrogen-bond acceptors (Lipinski definition) is 3. The zero-order chi connectivity index (χ0) is 31.4. The van der Waals surface area contributed by atoms with Crippen LogP contribution in [0.15, 0.2) is 188 Å². The summed E-state index contributed by atoms with van der Waals surface area (Å²) in [6, 6.07) is 65.6. The Bertz CT molecular complexity index is 2210. The Morgan fingerprint density at radius 1 is 0.298 bits per heavy atom. The lowest BCUT2D eigenvalue weighted by molar-refractivity contribution is 1.27. The molecule has 0 saturated carbocycles. The maximum atomic E-state index is 5.14. The molecule has 3 nitrogen and oxygen atoms in total. The third-order valence-electron chi connectivity index (χ3n) is 8.46. The van der Waals surface area contributed by atoms with E-state index in [4.69, 9.17) is 9.97 Å². The standard InChI is InChI=1S/C44H31N3/c1-5-16-32(17-6-1)38-24-15-25-39(33-18-7-2-8-19-33)44(38)47(36-22-11-4-12-23-36)37-30-28-35(29-31-37)43-42(34-20-9-3-10-21-34)45-40-26-13-14-27-41(40)46-43/h1-31H. The summed E-state index contributed by atoms with van der Waals surface area (Å²) < 4.78 is 0. The van der Waals surface area contributed by atoms with Gasteiger partial charge < -0.3 is 4.90 Å². The molecule has 47 heavy (non-hydrogen) atoms. The van der Waals surface area contributed by atoms with Gasteiger partial charge >= 0.3 is 0 Å². The van der Waals surface area contributed by atoms with Gasteiger partial charge in [0.2, 0.25) is 0 Å². The summed E-state index contributed by atoms with van der Waals surface area (Å²) in [5.74, 6) is 0. The van der Waals surface area contributed by atoms with Gasteiger partial charge in [-0.15, -0.1) is 0 Å². The molecule has 0 saturated heterocycles. The summed E-state index contributed by atoms with van der Waals surface area (Å²) >= 11 is 0. The van der Waals surface area contributed by atoms with Crippen molar-refractivity contribution < 1.29 is 0 Å². The fraction of sp³-hybridized carbons (Fsp3) is 0. The van der Waals surface area contributed by atoms with Crippen LogP contribution >= 0.6 is 0 Å². The Morgan fingerprint density at radius 3 is 1.17 bits per heavy atom. The van der Waals surface area contributed by atoms with Crippen LogP contribution < -0.4 is 4.90 Å². The molecule has 0 aliphatic carbocycles. The van der Waals surface area contributed by atoms with Gasteiger partial charge in [0.1, 0.15) is 0 Å². The van der Waals surface area contributed by atoms with Crippen molar-refractivity contribution in [2.24, 2.45) is 0 Å². The molecule has 0 spiro atoms. The molecule has 8 aromatic rings. The number of nitrogens with zero attached hydrogens (tertiary/aromatic N) is 3. The molecular formula is C44H31N3. The number of benzene rings is 7. The summed E-state index contributed by atoms with van der Waals surface area (Å²) in [7, 11) is 0. The summed E-state index contributed by atoms with van der Waals surface area (Å²) in [6.45, 7) is 0. The van der Waals surface area contributed by atoms with Gasteiger partial charge in [-0.25, -0.2) is 9.97 Å². The minimum absolute atomic E-state index is 0.863. The molecule has 8 rings (SSSR count). The van der Waals surface area contributed by atoms with Gasteiger partial charge in [0, 0.05) is 33.6 Å². The Labute approximate surface area is 275 Å². The number of hydrogen-bond donors (Lipinski definition) is 0. The highest BCUT2D eigenvalue weighted by Crippen LogP contribution is 2.46. The average Bonchev–Trinajstić information content (AvgIpc) is 3.16. The molecule has 0 fully saturated rings. The highest BCUT2D eigenvalue weighted by atomic mass is 15.1. The van der Waals surface area contributed by atoms with E-state index in [2.05, 4.69) is 150 Å². The number of para-hydroxylation sites is 4. The van der Waals surface area contributed by atoms with Gasteiger partial charge in [0.15, 0.2) is 0 Å². The Balaban J connectivity index is 1.33. The van der Waals surface area contributed by atoms with Crippen molar-refractivity contribution in [2.45, 2.75) is 0 Å². The van der Waals surface area contributed by atoms with Crippen molar-refractivity contribution in [3.8, 4) is 44.8 Å². The zero-order valence-corrected chi connectivity index (χ0v) is 25.7. The van der Waals surface area contributed by atoms with Crippen LogP contribution in [-0.2, 0) is 0 Å². The minimum Gasteiger partial charge on any atom is -0.309 e. The third-order valence-corrected chi connectivity index (χ3v) is 8.46. The van der Waals surface area contributed by atoms with Gasteiger partial charge in [-0.3, -0.25) is 0 Å². The molecule has 0 bridgehead atoms. The van der Waals surface area contributed by atoms with E-state index < -0.39 is 0 Å². The van der Waals surface area contributed by atoms with Crippen LogP contribution in [-0.4, -0.2) is 9.97 Å². The number of fused-ring (bicyclic) bond motifs is 1. The van der Waals surface area contributed by atoms with Crippen LogP contribution in [0.1, 0.15) is 0 Å². The van der Waals surface area contributed by atoms with E-state index in [9.17, 15) is 0 Å². The average molecular weight is 602 g/mol. The Hall–Kier alpha value is -6.32. The lowest BCUT2D eigenvalue weighted by atomic mass is 9.94. The van der Waals surface area contributed by atoms with E-state index >= 15 is 0 Å². The highest BCUT2D eigenvalue weighted by Gasteiger charge is 2.22. The normalized spacial score (nSPS) is 11.0. The van der Waals surface area contributed by atoms with Gasteiger partial charge in [0.25, 0.3) is 0 Å². The molecule has 0 radical (unpaired) electrons. The molecule has 3 heteroatoms. The van der Waals surface area contributed by atoms with Crippen molar-refractivity contribution in [1.82, 2.24) is 9.97 Å². The van der Waals surface area contributed by atoms with Crippen LogP contribution in [0.2, 0.25) is 0 Å². The third kappa shape index (κ3) is 5.56. The first-order chi connectivity index (χ1) is 23.3. The van der Waals surface area contributed by atoms with Crippen LogP contribution in [0.4, 0.5) is 17.1 Å². The van der Waals surface area contributed by atoms with E-state index in [-0.39, 0.29) is 0 Å². The second-order valence-corrected chi connectivity index (χ2v) is 11.4. The van der Waals surface area contributed by atoms with Gasteiger partial charge in [-0.05, 0) is 47.5 Å². The molecule has 1 heterocycles. The van der Waals surface area contributed by atoms with Gasteiger partial charge in [0.05, 0.1) is 28.1 Å². The van der Waals surface area contributed by atoms with E-state index in [1.54, 1.807) is 0 Å². The fourth-order valence-electron chi connectivity index (χ4n) is 6.24. The molecule has 7 aromatic carbocycles. The van der Waals surface area contributed by atoms with E-state index in [0.29, 0.717) is 0 Å². The summed E-state index contributed by atoms with van der Waals surface area (Å²) in [6.07, 6.45) is 0. The molecule has 0 N–H and O–H groups in total. The topological polar surface area (TPSA) is 29.0 Å². The van der Waals surface area contributed by atoms with Crippen LogP contribution in [0.3, 0.4) is 0 Å². The summed E-state index contributed by atoms with van der Waals surface area (Å²) in [4.78, 5) is 12.6. The van der Waals surface area contributed by atoms with Crippen molar-refractivity contribution >= 4 is 28.1 Å². The predicted octanol–water partition coefficient (Wildman–Crippen LogP) is 11.8. The van der Waals surface area contributed by atoms with E-state index in [1.807, 2.05) is 42.5 Å². The lowest BCUT2D eigenvalue weighted by Gasteiger charge is -2.30. The van der Waals surface area contributed by atoms with Gasteiger partial charge in [-0.1, -0.05) is 152 Å². The van der Waals surface area contributed by atoms with Crippen molar-refractivity contribution in [2.75, 3.05) is 4.90 Å². The molecule has 0 atom stereocenters. The maximum absolute atomic E-state index is 5.14. The quantitative estimate of drug-likeness (QED) is 0.182. The van der Waals surface area contributed by atoms with E-state index in [1.165, 1.54) is 0 Å². The molecule has 0 unspecified atom stereocenters. The van der Waals surface area contributed by atoms with E-state index in [0.717, 1.165) is 72.9 Å². The first-order valence-corrected chi connectivity index (χ1v) is 15.9. The molecule has 0 amide bonds. The first-order valence-electron chi connectivity index (χ1n) is 15.9. The van der Waals surface area contributed by atoms with Crippen LogP contribution in [0, 0.1) is 0 Å².